The zero-order chi connectivity index (χ0) is 16.0. The molecule has 2 aromatic heterocycles. The van der Waals surface area contributed by atoms with E-state index in [1.54, 1.807) is 11.1 Å². The van der Waals surface area contributed by atoms with Crippen LogP contribution in [0.15, 0.2) is 30.6 Å². The Morgan fingerprint density at radius 1 is 1.35 bits per heavy atom. The number of carbonyl (C=O) groups excluding carboxylic acids is 1. The number of nitrogens with zero attached hydrogens (tertiary/aromatic N) is 3. The van der Waals surface area contributed by atoms with E-state index in [-0.39, 0.29) is 12.5 Å². The number of likely N-dealkylation sites (N-methyl/N-ethyl adjacent to an activating group) is 1. The summed E-state index contributed by atoms with van der Waals surface area (Å²) in [4.78, 5) is 18.5. The molecule has 0 bridgehead atoms. The Hall–Kier alpha value is -2.89. The Labute approximate surface area is 133 Å². The van der Waals surface area contributed by atoms with Crippen LogP contribution >= 0.6 is 0 Å². The van der Waals surface area contributed by atoms with Crippen LogP contribution in [0.4, 0.5) is 5.69 Å². The molecule has 1 amide bonds. The molecule has 1 N–H and O–H groups in total. The van der Waals surface area contributed by atoms with Gasteiger partial charge in [0.1, 0.15) is 5.75 Å². The molecule has 6 heteroatoms. The van der Waals surface area contributed by atoms with Crippen LogP contribution in [-0.2, 0) is 4.79 Å². The van der Waals surface area contributed by atoms with Crippen LogP contribution in [0.5, 0.6) is 5.75 Å². The average Bonchev–Trinajstić information content (AvgIpc) is 3.08. The number of nitrogens with one attached hydrogen (secondary N) is 1. The van der Waals surface area contributed by atoms with Gasteiger partial charge in [-0.2, -0.15) is 5.10 Å². The first-order valence-electron chi connectivity index (χ1n) is 7.55. The third-order valence-corrected chi connectivity index (χ3v) is 4.15. The normalized spacial score (nSPS) is 14.0. The highest BCUT2D eigenvalue weighted by molar-refractivity contribution is 6.01. The zero-order valence-corrected chi connectivity index (χ0v) is 13.0. The second kappa shape index (κ2) is 5.08. The quantitative estimate of drug-likeness (QED) is 0.790. The van der Waals surface area contributed by atoms with Gasteiger partial charge < -0.3 is 9.64 Å². The molecule has 23 heavy (non-hydrogen) atoms. The van der Waals surface area contributed by atoms with Crippen LogP contribution in [0.1, 0.15) is 12.5 Å². The van der Waals surface area contributed by atoms with Crippen LogP contribution in [-0.4, -0.2) is 34.2 Å². The molecule has 0 saturated carbocycles. The number of rotatable bonds is 2. The molecule has 0 aliphatic carbocycles. The number of hydrogen-bond donors (Lipinski definition) is 1. The molecule has 0 radical (unpaired) electrons. The van der Waals surface area contributed by atoms with Gasteiger partial charge in [-0.3, -0.25) is 9.89 Å². The second-order valence-electron chi connectivity index (χ2n) is 5.58. The van der Waals surface area contributed by atoms with Crippen molar-refractivity contribution in [3.05, 3.63) is 36.2 Å². The summed E-state index contributed by atoms with van der Waals surface area (Å²) in [5.41, 5.74) is 4.53. The smallest absolute Gasteiger partial charge is 0.265 e. The predicted octanol–water partition coefficient (Wildman–Crippen LogP) is 2.68. The van der Waals surface area contributed by atoms with Crippen molar-refractivity contribution in [2.24, 2.45) is 0 Å². The van der Waals surface area contributed by atoms with Crippen molar-refractivity contribution in [2.75, 3.05) is 18.1 Å². The number of ether oxygens (including phenoxy) is 1. The van der Waals surface area contributed by atoms with E-state index >= 15 is 0 Å². The molecule has 3 heterocycles. The first-order chi connectivity index (χ1) is 11.2. The van der Waals surface area contributed by atoms with Crippen molar-refractivity contribution in [1.29, 1.82) is 0 Å². The minimum absolute atomic E-state index is 0.0259. The van der Waals surface area contributed by atoms with Crippen LogP contribution in [0.3, 0.4) is 0 Å². The highest BCUT2D eigenvalue weighted by Gasteiger charge is 2.25. The van der Waals surface area contributed by atoms with E-state index in [4.69, 9.17) is 9.72 Å². The number of aryl methyl sites for hydroxylation is 1. The Morgan fingerprint density at radius 2 is 2.22 bits per heavy atom. The molecule has 1 aromatic carbocycles. The van der Waals surface area contributed by atoms with Gasteiger partial charge in [-0.1, -0.05) is 0 Å². The Bertz CT molecular complexity index is 903. The van der Waals surface area contributed by atoms with Crippen molar-refractivity contribution in [3.8, 4) is 17.0 Å². The lowest BCUT2D eigenvalue weighted by molar-refractivity contribution is -0.121. The predicted molar refractivity (Wildman–Crippen MR) is 87.6 cm³/mol. The molecule has 0 atom stereocenters. The average molecular weight is 308 g/mol. The molecule has 0 saturated heterocycles. The molecular weight excluding hydrogens is 292 g/mol. The topological polar surface area (TPSA) is 71.1 Å². The largest absolute Gasteiger partial charge is 0.482 e. The van der Waals surface area contributed by atoms with E-state index in [2.05, 4.69) is 10.2 Å². The number of hydrogen-bond acceptors (Lipinski definition) is 4. The molecule has 0 fully saturated rings. The Balaban J connectivity index is 1.94. The molecule has 1 aliphatic heterocycles. The van der Waals surface area contributed by atoms with Gasteiger partial charge in [0.05, 0.1) is 23.1 Å². The molecule has 0 unspecified atom stereocenters. The fourth-order valence-electron chi connectivity index (χ4n) is 2.97. The number of pyridine rings is 1. The third kappa shape index (κ3) is 2.14. The van der Waals surface area contributed by atoms with Gasteiger partial charge in [-0.25, -0.2) is 4.98 Å². The van der Waals surface area contributed by atoms with Crippen LogP contribution in [0.2, 0.25) is 0 Å². The van der Waals surface area contributed by atoms with Gasteiger partial charge in [-0.05, 0) is 37.6 Å². The number of H-pyrrole nitrogens is 1. The SMILES string of the molecule is CCN1C(=O)COc2cc3c(C)cc(-c4cn[nH]c4)nc3cc21. The lowest BCUT2D eigenvalue weighted by Gasteiger charge is -2.28. The lowest BCUT2D eigenvalue weighted by atomic mass is 10.0. The van der Waals surface area contributed by atoms with Crippen molar-refractivity contribution < 1.29 is 9.53 Å². The molecule has 4 rings (SSSR count). The summed E-state index contributed by atoms with van der Waals surface area (Å²) in [6.07, 6.45) is 3.56. The summed E-state index contributed by atoms with van der Waals surface area (Å²) in [6.45, 7) is 4.70. The Kier molecular flexibility index (Phi) is 3.04. The maximum Gasteiger partial charge on any atom is 0.265 e. The van der Waals surface area contributed by atoms with Crippen LogP contribution < -0.4 is 9.64 Å². The number of benzene rings is 1. The van der Waals surface area contributed by atoms with E-state index in [0.29, 0.717) is 6.54 Å². The van der Waals surface area contributed by atoms with Gasteiger partial charge in [-0.15, -0.1) is 0 Å². The van der Waals surface area contributed by atoms with Crippen molar-refractivity contribution in [1.82, 2.24) is 15.2 Å². The summed E-state index contributed by atoms with van der Waals surface area (Å²) >= 11 is 0. The van der Waals surface area contributed by atoms with E-state index < -0.39 is 0 Å². The Morgan fingerprint density at radius 3 is 2.96 bits per heavy atom. The van der Waals surface area contributed by atoms with Crippen molar-refractivity contribution in [2.45, 2.75) is 13.8 Å². The number of amides is 1. The van der Waals surface area contributed by atoms with Gasteiger partial charge in [0.15, 0.2) is 6.61 Å². The molecule has 6 nitrogen and oxygen atoms in total. The maximum atomic E-state index is 12.0. The summed E-state index contributed by atoms with van der Waals surface area (Å²) in [5, 5.41) is 7.81. The molecule has 116 valence electrons. The summed E-state index contributed by atoms with van der Waals surface area (Å²) in [6, 6.07) is 5.94. The monoisotopic (exact) mass is 308 g/mol. The minimum atomic E-state index is -0.0259. The van der Waals surface area contributed by atoms with Gasteiger partial charge in [0, 0.05) is 23.7 Å². The molecule has 3 aromatic rings. The number of aromatic nitrogens is 3. The van der Waals surface area contributed by atoms with Gasteiger partial charge in [0.25, 0.3) is 5.91 Å². The molecule has 0 spiro atoms. The highest BCUT2D eigenvalue weighted by atomic mass is 16.5. The third-order valence-electron chi connectivity index (χ3n) is 4.15. The van der Waals surface area contributed by atoms with E-state index in [1.807, 2.05) is 38.2 Å². The summed E-state index contributed by atoms with van der Waals surface area (Å²) < 4.78 is 5.60. The zero-order valence-electron chi connectivity index (χ0n) is 13.0. The number of anilines is 1. The van der Waals surface area contributed by atoms with E-state index in [0.717, 1.165) is 39.2 Å². The first kappa shape index (κ1) is 13.8. The summed E-state index contributed by atoms with van der Waals surface area (Å²) in [7, 11) is 0. The minimum Gasteiger partial charge on any atom is -0.482 e. The summed E-state index contributed by atoms with van der Waals surface area (Å²) in [5.74, 6) is 0.710. The van der Waals surface area contributed by atoms with E-state index in [9.17, 15) is 4.79 Å². The fraction of sp³-hybridized carbons (Fsp3) is 0.235. The van der Waals surface area contributed by atoms with Gasteiger partial charge >= 0.3 is 0 Å². The number of aromatic amines is 1. The number of fused-ring (bicyclic) bond motifs is 2. The lowest BCUT2D eigenvalue weighted by Crippen LogP contribution is -2.38. The maximum absolute atomic E-state index is 12.0. The van der Waals surface area contributed by atoms with Gasteiger partial charge in [0.2, 0.25) is 0 Å². The first-order valence-corrected chi connectivity index (χ1v) is 7.55. The van der Waals surface area contributed by atoms with Crippen molar-refractivity contribution >= 4 is 22.5 Å². The standard InChI is InChI=1S/C17H16N4O2/c1-3-21-15-6-14-12(5-16(15)23-9-17(21)22)10(2)4-13(20-14)11-7-18-19-8-11/h4-8H,3,9H2,1-2H3,(H,18,19). The van der Waals surface area contributed by atoms with Crippen molar-refractivity contribution in [3.63, 3.8) is 0 Å². The van der Waals surface area contributed by atoms with Crippen LogP contribution in [0.25, 0.3) is 22.2 Å². The van der Waals surface area contributed by atoms with Crippen LogP contribution in [0, 0.1) is 6.92 Å². The molecule has 1 aliphatic rings. The number of carbonyl (C=O) groups is 1. The van der Waals surface area contributed by atoms with E-state index in [1.165, 1.54) is 0 Å². The molecular formula is C17H16N4O2. The highest BCUT2D eigenvalue weighted by Crippen LogP contribution is 2.37. The second-order valence-corrected chi connectivity index (χ2v) is 5.58. The fourth-order valence-corrected chi connectivity index (χ4v) is 2.97.